The Morgan fingerprint density at radius 2 is 2.21 bits per heavy atom. The maximum absolute atomic E-state index is 5.34. The molecule has 1 atom stereocenters. The van der Waals surface area contributed by atoms with Crippen molar-refractivity contribution in [3.63, 3.8) is 0 Å². The number of nitrogens with zero attached hydrogens (tertiary/aromatic N) is 3. The zero-order valence-corrected chi connectivity index (χ0v) is 11.6. The summed E-state index contributed by atoms with van der Waals surface area (Å²) in [7, 11) is 0. The second-order valence-electron chi connectivity index (χ2n) is 4.26. The maximum Gasteiger partial charge on any atom is 0.226 e. The molecule has 1 N–H and O–H groups in total. The van der Waals surface area contributed by atoms with Crippen molar-refractivity contribution in [2.45, 2.75) is 33.7 Å². The lowest BCUT2D eigenvalue weighted by atomic mass is 10.1. The van der Waals surface area contributed by atoms with E-state index in [4.69, 9.17) is 9.26 Å². The molecule has 2 aromatic rings. The lowest BCUT2D eigenvalue weighted by Gasteiger charge is -2.13. The minimum absolute atomic E-state index is 0.0168. The van der Waals surface area contributed by atoms with E-state index in [-0.39, 0.29) is 6.04 Å². The second kappa shape index (κ2) is 5.69. The van der Waals surface area contributed by atoms with Crippen molar-refractivity contribution in [1.82, 2.24) is 15.1 Å². The van der Waals surface area contributed by atoms with E-state index >= 15 is 0 Å². The number of rotatable bonds is 5. The zero-order valence-electron chi connectivity index (χ0n) is 11.6. The van der Waals surface area contributed by atoms with E-state index in [0.717, 1.165) is 17.0 Å². The van der Waals surface area contributed by atoms with Crippen molar-refractivity contribution in [1.29, 1.82) is 0 Å². The van der Waals surface area contributed by atoms with Gasteiger partial charge in [-0.25, -0.2) is 4.98 Å². The smallest absolute Gasteiger partial charge is 0.226 e. The third-order valence-electron chi connectivity index (χ3n) is 2.79. The normalized spacial score (nSPS) is 12.2. The van der Waals surface area contributed by atoms with Crippen molar-refractivity contribution < 1.29 is 9.26 Å². The third-order valence-corrected chi connectivity index (χ3v) is 2.79. The zero-order chi connectivity index (χ0) is 13.8. The minimum atomic E-state index is 0.0168. The van der Waals surface area contributed by atoms with Gasteiger partial charge in [0.1, 0.15) is 5.76 Å². The SMILES string of the molecule is CCOc1ccnc(NC(C)c2c(C)noc2C)n1. The standard InChI is InChI=1S/C13H18N4O2/c1-5-18-11-6-7-14-13(16-11)15-8(2)12-9(3)17-19-10(12)4/h6-8H,5H2,1-4H3,(H,14,15,16). The Labute approximate surface area is 112 Å². The highest BCUT2D eigenvalue weighted by Gasteiger charge is 2.17. The second-order valence-corrected chi connectivity index (χ2v) is 4.26. The van der Waals surface area contributed by atoms with Gasteiger partial charge < -0.3 is 14.6 Å². The highest BCUT2D eigenvalue weighted by atomic mass is 16.5. The number of hydrogen-bond donors (Lipinski definition) is 1. The fourth-order valence-corrected chi connectivity index (χ4v) is 2.01. The van der Waals surface area contributed by atoms with Crippen LogP contribution in [0.3, 0.4) is 0 Å². The van der Waals surface area contributed by atoms with E-state index in [0.29, 0.717) is 18.4 Å². The Kier molecular flexibility index (Phi) is 3.99. The van der Waals surface area contributed by atoms with Crippen LogP contribution in [0, 0.1) is 13.8 Å². The van der Waals surface area contributed by atoms with Crippen LogP contribution in [0.5, 0.6) is 5.88 Å². The Morgan fingerprint density at radius 1 is 1.42 bits per heavy atom. The fourth-order valence-electron chi connectivity index (χ4n) is 2.01. The molecule has 0 radical (unpaired) electrons. The van der Waals surface area contributed by atoms with Crippen LogP contribution in [-0.4, -0.2) is 21.7 Å². The summed E-state index contributed by atoms with van der Waals surface area (Å²) in [6.07, 6.45) is 1.67. The van der Waals surface area contributed by atoms with E-state index in [1.165, 1.54) is 0 Å². The Bertz CT molecular complexity index is 534. The Balaban J connectivity index is 2.14. The van der Waals surface area contributed by atoms with Gasteiger partial charge in [-0.3, -0.25) is 0 Å². The van der Waals surface area contributed by atoms with E-state index in [9.17, 15) is 0 Å². The summed E-state index contributed by atoms with van der Waals surface area (Å²) >= 11 is 0. The van der Waals surface area contributed by atoms with Crippen molar-refractivity contribution in [3.8, 4) is 5.88 Å². The van der Waals surface area contributed by atoms with Crippen LogP contribution in [0.25, 0.3) is 0 Å². The number of hydrogen-bond acceptors (Lipinski definition) is 6. The summed E-state index contributed by atoms with van der Waals surface area (Å²) in [5, 5.41) is 7.17. The molecule has 6 nitrogen and oxygen atoms in total. The van der Waals surface area contributed by atoms with E-state index < -0.39 is 0 Å². The molecule has 0 aliphatic carbocycles. The van der Waals surface area contributed by atoms with Gasteiger partial charge in [0.15, 0.2) is 0 Å². The molecular weight excluding hydrogens is 244 g/mol. The predicted octanol–water partition coefficient (Wildman–Crippen LogP) is 2.65. The monoisotopic (exact) mass is 262 g/mol. The lowest BCUT2D eigenvalue weighted by molar-refractivity contribution is 0.326. The highest BCUT2D eigenvalue weighted by molar-refractivity contribution is 5.35. The molecule has 0 aliphatic rings. The summed E-state index contributed by atoms with van der Waals surface area (Å²) in [6, 6.07) is 1.75. The molecule has 0 amide bonds. The highest BCUT2D eigenvalue weighted by Crippen LogP contribution is 2.23. The molecule has 0 aliphatic heterocycles. The third kappa shape index (κ3) is 3.01. The Hall–Kier alpha value is -2.11. The summed E-state index contributed by atoms with van der Waals surface area (Å²) < 4.78 is 10.5. The summed E-state index contributed by atoms with van der Waals surface area (Å²) in [4.78, 5) is 8.45. The van der Waals surface area contributed by atoms with Crippen molar-refractivity contribution >= 4 is 5.95 Å². The van der Waals surface area contributed by atoms with Crippen LogP contribution in [0.4, 0.5) is 5.95 Å². The quantitative estimate of drug-likeness (QED) is 0.893. The molecule has 0 saturated heterocycles. The summed E-state index contributed by atoms with van der Waals surface area (Å²) in [5.41, 5.74) is 1.91. The first-order valence-corrected chi connectivity index (χ1v) is 6.27. The van der Waals surface area contributed by atoms with Gasteiger partial charge in [-0.1, -0.05) is 5.16 Å². The van der Waals surface area contributed by atoms with Gasteiger partial charge >= 0.3 is 0 Å². The van der Waals surface area contributed by atoms with E-state index in [1.54, 1.807) is 12.3 Å². The van der Waals surface area contributed by atoms with Crippen LogP contribution >= 0.6 is 0 Å². The van der Waals surface area contributed by atoms with Gasteiger partial charge in [0.25, 0.3) is 0 Å². The van der Waals surface area contributed by atoms with Crippen LogP contribution in [0.1, 0.15) is 36.9 Å². The van der Waals surface area contributed by atoms with Crippen molar-refractivity contribution in [3.05, 3.63) is 29.3 Å². The first-order chi connectivity index (χ1) is 9.11. The largest absolute Gasteiger partial charge is 0.478 e. The molecule has 0 aromatic carbocycles. The first-order valence-electron chi connectivity index (χ1n) is 6.27. The summed E-state index contributed by atoms with van der Waals surface area (Å²) in [6.45, 7) is 8.33. The van der Waals surface area contributed by atoms with Gasteiger partial charge in [-0.15, -0.1) is 0 Å². The van der Waals surface area contributed by atoms with Crippen LogP contribution in [-0.2, 0) is 0 Å². The van der Waals surface area contributed by atoms with Gasteiger partial charge in [0.2, 0.25) is 11.8 Å². The van der Waals surface area contributed by atoms with Crippen molar-refractivity contribution in [2.24, 2.45) is 0 Å². The van der Waals surface area contributed by atoms with Crippen LogP contribution in [0.15, 0.2) is 16.8 Å². The van der Waals surface area contributed by atoms with Gasteiger partial charge in [-0.2, -0.15) is 4.98 Å². The average molecular weight is 262 g/mol. The molecule has 6 heteroatoms. The molecule has 0 saturated carbocycles. The maximum atomic E-state index is 5.34. The molecule has 2 aromatic heterocycles. The predicted molar refractivity (Wildman–Crippen MR) is 71.2 cm³/mol. The average Bonchev–Trinajstić information content (AvgIpc) is 2.70. The lowest BCUT2D eigenvalue weighted by Crippen LogP contribution is -2.11. The fraction of sp³-hybridized carbons (Fsp3) is 0.462. The molecular formula is C13H18N4O2. The van der Waals surface area contributed by atoms with Gasteiger partial charge in [0, 0.05) is 17.8 Å². The molecule has 1 unspecified atom stereocenters. The molecule has 2 heterocycles. The molecule has 0 spiro atoms. The van der Waals surface area contributed by atoms with Crippen LogP contribution in [0.2, 0.25) is 0 Å². The first kappa shape index (κ1) is 13.3. The molecule has 0 bridgehead atoms. The molecule has 2 rings (SSSR count). The number of aryl methyl sites for hydroxylation is 2. The number of ether oxygens (including phenoxy) is 1. The topological polar surface area (TPSA) is 73.1 Å². The molecule has 19 heavy (non-hydrogen) atoms. The van der Waals surface area contributed by atoms with E-state index in [2.05, 4.69) is 20.4 Å². The minimum Gasteiger partial charge on any atom is -0.478 e. The van der Waals surface area contributed by atoms with Crippen molar-refractivity contribution in [2.75, 3.05) is 11.9 Å². The van der Waals surface area contributed by atoms with E-state index in [1.807, 2.05) is 27.7 Å². The summed E-state index contributed by atoms with van der Waals surface area (Å²) in [5.74, 6) is 1.89. The van der Waals surface area contributed by atoms with Crippen LogP contribution < -0.4 is 10.1 Å². The number of nitrogens with one attached hydrogen (secondary N) is 1. The Morgan fingerprint density at radius 3 is 2.84 bits per heavy atom. The molecule has 102 valence electrons. The van der Waals surface area contributed by atoms with Gasteiger partial charge in [-0.05, 0) is 27.7 Å². The number of aromatic nitrogens is 3. The number of anilines is 1. The van der Waals surface area contributed by atoms with Gasteiger partial charge in [0.05, 0.1) is 18.3 Å². The molecule has 0 fully saturated rings.